The molecule has 0 saturated carbocycles. The predicted octanol–water partition coefficient (Wildman–Crippen LogP) is 3.03. The summed E-state index contributed by atoms with van der Waals surface area (Å²) in [6.45, 7) is 9.11. The lowest BCUT2D eigenvalue weighted by molar-refractivity contribution is -0.137. The SMILES string of the molecule is CCN(CC)S(=O)(=O)c1cc(C(=O)OCC(=O)N2C[C@@H](C)C[C@H](C)C2)ccc1Cl. The van der Waals surface area contributed by atoms with E-state index < -0.39 is 16.0 Å². The highest BCUT2D eigenvalue weighted by Crippen LogP contribution is 2.26. The van der Waals surface area contributed by atoms with Gasteiger partial charge in [0.2, 0.25) is 10.0 Å². The van der Waals surface area contributed by atoms with Gasteiger partial charge in [0.25, 0.3) is 5.91 Å². The lowest BCUT2D eigenvalue weighted by Crippen LogP contribution is -2.44. The molecule has 0 N–H and O–H groups in total. The fourth-order valence-corrected chi connectivity index (χ4v) is 5.66. The van der Waals surface area contributed by atoms with E-state index in [9.17, 15) is 18.0 Å². The number of sulfonamides is 1. The Morgan fingerprint density at radius 3 is 2.31 bits per heavy atom. The maximum Gasteiger partial charge on any atom is 0.338 e. The number of hydrogen-bond acceptors (Lipinski definition) is 5. The number of nitrogens with zero attached hydrogens (tertiary/aromatic N) is 2. The summed E-state index contributed by atoms with van der Waals surface area (Å²) >= 11 is 6.08. The van der Waals surface area contributed by atoms with Gasteiger partial charge in [0, 0.05) is 26.2 Å². The molecule has 1 aromatic carbocycles. The standard InChI is InChI=1S/C20H29ClN2O5S/c1-5-23(6-2)29(26,27)18-10-16(7-8-17(18)21)20(25)28-13-19(24)22-11-14(3)9-15(4)12-22/h7-8,10,14-15H,5-6,9,11-13H2,1-4H3/t14-,15-/m0/s1. The highest BCUT2D eigenvalue weighted by molar-refractivity contribution is 7.89. The number of rotatable bonds is 7. The van der Waals surface area contributed by atoms with Crippen LogP contribution in [-0.4, -0.2) is 62.3 Å². The molecule has 2 rings (SSSR count). The largest absolute Gasteiger partial charge is 0.452 e. The number of halogens is 1. The summed E-state index contributed by atoms with van der Waals surface area (Å²) in [6, 6.07) is 3.94. The summed E-state index contributed by atoms with van der Waals surface area (Å²) in [5.41, 5.74) is 0.0355. The normalized spacial score (nSPS) is 20.0. The molecule has 0 aromatic heterocycles. The fraction of sp³-hybridized carbons (Fsp3) is 0.600. The number of ether oxygens (including phenoxy) is 1. The minimum Gasteiger partial charge on any atom is -0.452 e. The van der Waals surface area contributed by atoms with E-state index in [0.717, 1.165) is 6.42 Å². The van der Waals surface area contributed by atoms with E-state index in [4.69, 9.17) is 16.3 Å². The molecule has 9 heteroatoms. The highest BCUT2D eigenvalue weighted by atomic mass is 35.5. The average Bonchev–Trinajstić information content (AvgIpc) is 2.66. The molecule has 1 saturated heterocycles. The van der Waals surface area contributed by atoms with Gasteiger partial charge in [-0.3, -0.25) is 4.79 Å². The van der Waals surface area contributed by atoms with Gasteiger partial charge in [0.1, 0.15) is 4.90 Å². The molecule has 0 aliphatic carbocycles. The van der Waals surface area contributed by atoms with Crippen LogP contribution in [0.2, 0.25) is 5.02 Å². The Morgan fingerprint density at radius 1 is 1.17 bits per heavy atom. The Balaban J connectivity index is 2.11. The summed E-state index contributed by atoms with van der Waals surface area (Å²) in [5, 5.41) is 0.0285. The van der Waals surface area contributed by atoms with Crippen LogP contribution in [0.15, 0.2) is 23.1 Å². The van der Waals surface area contributed by atoms with Gasteiger partial charge in [-0.15, -0.1) is 0 Å². The van der Waals surface area contributed by atoms with Crippen LogP contribution in [0.4, 0.5) is 0 Å². The van der Waals surface area contributed by atoms with Crippen LogP contribution in [0.25, 0.3) is 0 Å². The first-order valence-electron chi connectivity index (χ1n) is 9.84. The average molecular weight is 445 g/mol. The van der Waals surface area contributed by atoms with Crippen molar-refractivity contribution in [3.8, 4) is 0 Å². The van der Waals surface area contributed by atoms with E-state index in [2.05, 4.69) is 13.8 Å². The number of piperidine rings is 1. The molecular formula is C20H29ClN2O5S. The minimum absolute atomic E-state index is 0.0285. The summed E-state index contributed by atoms with van der Waals surface area (Å²) < 4.78 is 31.9. The van der Waals surface area contributed by atoms with Gasteiger partial charge in [-0.25, -0.2) is 13.2 Å². The Labute approximate surface area is 178 Å². The molecular weight excluding hydrogens is 416 g/mol. The molecule has 7 nitrogen and oxygen atoms in total. The van der Waals surface area contributed by atoms with Crippen molar-refractivity contribution < 1.29 is 22.7 Å². The van der Waals surface area contributed by atoms with E-state index in [0.29, 0.717) is 24.9 Å². The molecule has 2 atom stereocenters. The summed E-state index contributed by atoms with van der Waals surface area (Å²) in [6.07, 6.45) is 1.07. The molecule has 0 unspecified atom stereocenters. The number of hydrogen-bond donors (Lipinski definition) is 0. The Hall–Kier alpha value is -1.64. The zero-order valence-corrected chi connectivity index (χ0v) is 18.9. The summed E-state index contributed by atoms with van der Waals surface area (Å²) in [7, 11) is -3.83. The van der Waals surface area contributed by atoms with Crippen LogP contribution < -0.4 is 0 Å². The van der Waals surface area contributed by atoms with Crippen LogP contribution in [0.1, 0.15) is 44.5 Å². The van der Waals surface area contributed by atoms with Gasteiger partial charge >= 0.3 is 5.97 Å². The first kappa shape index (κ1) is 23.6. The molecule has 29 heavy (non-hydrogen) atoms. The molecule has 1 fully saturated rings. The van der Waals surface area contributed by atoms with Gasteiger partial charge in [0.05, 0.1) is 10.6 Å². The highest BCUT2D eigenvalue weighted by Gasteiger charge is 2.28. The molecule has 1 heterocycles. The smallest absolute Gasteiger partial charge is 0.338 e. The van der Waals surface area contributed by atoms with Crippen molar-refractivity contribution in [2.24, 2.45) is 11.8 Å². The van der Waals surface area contributed by atoms with E-state index in [-0.39, 0.29) is 41.1 Å². The molecule has 0 radical (unpaired) electrons. The van der Waals surface area contributed by atoms with Crippen molar-refractivity contribution in [1.29, 1.82) is 0 Å². The van der Waals surface area contributed by atoms with Crippen molar-refractivity contribution in [2.75, 3.05) is 32.8 Å². The number of benzene rings is 1. The van der Waals surface area contributed by atoms with Crippen LogP contribution in [0, 0.1) is 11.8 Å². The third-order valence-electron chi connectivity index (χ3n) is 5.04. The van der Waals surface area contributed by atoms with E-state index in [1.807, 2.05) is 0 Å². The summed E-state index contributed by atoms with van der Waals surface area (Å²) in [4.78, 5) is 26.4. The second kappa shape index (κ2) is 9.91. The molecule has 1 aromatic rings. The number of amides is 1. The fourth-order valence-electron chi connectivity index (χ4n) is 3.70. The van der Waals surface area contributed by atoms with Crippen molar-refractivity contribution in [3.63, 3.8) is 0 Å². The van der Waals surface area contributed by atoms with Crippen molar-refractivity contribution in [1.82, 2.24) is 9.21 Å². The lowest BCUT2D eigenvalue weighted by Gasteiger charge is -2.34. The van der Waals surface area contributed by atoms with Crippen LogP contribution in [0.3, 0.4) is 0 Å². The number of carbonyl (C=O) groups excluding carboxylic acids is 2. The van der Waals surface area contributed by atoms with Crippen molar-refractivity contribution in [3.05, 3.63) is 28.8 Å². The molecule has 1 aliphatic heterocycles. The third kappa shape index (κ3) is 5.71. The Kier molecular flexibility index (Phi) is 8.08. The molecule has 1 aliphatic rings. The van der Waals surface area contributed by atoms with Crippen LogP contribution >= 0.6 is 11.6 Å². The molecule has 0 spiro atoms. The molecule has 162 valence electrons. The van der Waals surface area contributed by atoms with E-state index in [1.54, 1.807) is 18.7 Å². The van der Waals surface area contributed by atoms with E-state index >= 15 is 0 Å². The van der Waals surface area contributed by atoms with Gasteiger partial charge in [0.15, 0.2) is 6.61 Å². The minimum atomic E-state index is -3.83. The van der Waals surface area contributed by atoms with E-state index in [1.165, 1.54) is 22.5 Å². The van der Waals surface area contributed by atoms with Gasteiger partial charge in [-0.2, -0.15) is 4.31 Å². The van der Waals surface area contributed by atoms with Crippen LogP contribution in [0.5, 0.6) is 0 Å². The number of likely N-dealkylation sites (tertiary alicyclic amines) is 1. The topological polar surface area (TPSA) is 84.0 Å². The maximum absolute atomic E-state index is 12.8. The Morgan fingerprint density at radius 2 is 1.76 bits per heavy atom. The predicted molar refractivity (Wildman–Crippen MR) is 111 cm³/mol. The second-order valence-electron chi connectivity index (χ2n) is 7.56. The van der Waals surface area contributed by atoms with Gasteiger partial charge in [-0.1, -0.05) is 39.3 Å². The quantitative estimate of drug-likeness (QED) is 0.603. The first-order chi connectivity index (χ1) is 13.6. The van der Waals surface area contributed by atoms with Gasteiger partial charge in [-0.05, 0) is 36.5 Å². The number of esters is 1. The van der Waals surface area contributed by atoms with Gasteiger partial charge < -0.3 is 9.64 Å². The zero-order chi connectivity index (χ0) is 21.8. The lowest BCUT2D eigenvalue weighted by atomic mass is 9.92. The third-order valence-corrected chi connectivity index (χ3v) is 7.57. The maximum atomic E-state index is 12.8. The second-order valence-corrected chi connectivity index (χ2v) is 9.87. The van der Waals surface area contributed by atoms with Crippen molar-refractivity contribution >= 4 is 33.5 Å². The number of carbonyl (C=O) groups is 2. The Bertz CT molecular complexity index is 844. The zero-order valence-electron chi connectivity index (χ0n) is 17.4. The van der Waals surface area contributed by atoms with Crippen LogP contribution in [-0.2, 0) is 19.6 Å². The van der Waals surface area contributed by atoms with Crippen molar-refractivity contribution in [2.45, 2.75) is 39.0 Å². The molecule has 1 amide bonds. The summed E-state index contributed by atoms with van der Waals surface area (Å²) in [5.74, 6) is -0.198. The monoisotopic (exact) mass is 444 g/mol. The molecule has 0 bridgehead atoms. The first-order valence-corrected chi connectivity index (χ1v) is 11.7.